The number of carboxylic acid groups (broad SMARTS) is 2. The number of hydrogen-bond acceptors (Lipinski definition) is 7. The summed E-state index contributed by atoms with van der Waals surface area (Å²) in [5.41, 5.74) is 10.8. The van der Waals surface area contributed by atoms with E-state index >= 15 is 0 Å². The van der Waals surface area contributed by atoms with Crippen LogP contribution in [-0.4, -0.2) is 70.6 Å². The lowest BCUT2D eigenvalue weighted by Crippen LogP contribution is -2.51. The zero-order chi connectivity index (χ0) is 20.8. The molecule has 0 fully saturated rings. The van der Waals surface area contributed by atoms with Crippen molar-refractivity contribution in [2.75, 3.05) is 18.6 Å². The fourth-order valence-electron chi connectivity index (χ4n) is 2.30. The number of hydrogen-bond donors (Lipinski definition) is 6. The molecule has 0 radical (unpaired) electrons. The fourth-order valence-corrected chi connectivity index (χ4v) is 2.87. The lowest BCUT2D eigenvalue weighted by atomic mass is 10.1. The van der Waals surface area contributed by atoms with Gasteiger partial charge in [0.2, 0.25) is 11.8 Å². The molecule has 2 amide bonds. The molecule has 0 saturated carbocycles. The van der Waals surface area contributed by atoms with Gasteiger partial charge in [-0.25, -0.2) is 0 Å². The van der Waals surface area contributed by atoms with Gasteiger partial charge >= 0.3 is 11.9 Å². The quantitative estimate of drug-likeness (QED) is 0.188. The third kappa shape index (κ3) is 12.2. The van der Waals surface area contributed by atoms with E-state index in [0.29, 0.717) is 25.1 Å². The Labute approximate surface area is 162 Å². The van der Waals surface area contributed by atoms with Crippen LogP contribution in [-0.2, 0) is 19.2 Å². The lowest BCUT2D eigenvalue weighted by Gasteiger charge is -2.22. The number of nitrogens with two attached hydrogens (primary N) is 2. The highest BCUT2D eigenvalue weighted by Crippen LogP contribution is 2.07. The maximum Gasteiger partial charge on any atom is 0.320 e. The molecule has 27 heavy (non-hydrogen) atoms. The van der Waals surface area contributed by atoms with Crippen molar-refractivity contribution in [3.05, 3.63) is 0 Å². The molecule has 0 saturated heterocycles. The molecule has 0 spiro atoms. The predicted molar refractivity (Wildman–Crippen MR) is 102 cm³/mol. The van der Waals surface area contributed by atoms with Crippen molar-refractivity contribution >= 4 is 35.5 Å². The molecule has 0 rings (SSSR count). The number of unbranched alkanes of at least 4 members (excludes halogenated alkanes) is 1. The second-order valence-corrected chi connectivity index (χ2v) is 7.06. The van der Waals surface area contributed by atoms with Gasteiger partial charge in [0, 0.05) is 18.2 Å². The minimum absolute atomic E-state index is 0.0461. The summed E-state index contributed by atoms with van der Waals surface area (Å²) < 4.78 is 0. The minimum Gasteiger partial charge on any atom is -0.481 e. The molecular weight excluding hydrogens is 376 g/mol. The van der Waals surface area contributed by atoms with Gasteiger partial charge in [0.05, 0.1) is 6.42 Å². The number of amides is 2. The highest BCUT2D eigenvalue weighted by atomic mass is 32.2. The van der Waals surface area contributed by atoms with Crippen molar-refractivity contribution in [2.24, 2.45) is 11.5 Å². The molecule has 0 aromatic heterocycles. The molecule has 0 bridgehead atoms. The largest absolute Gasteiger partial charge is 0.481 e. The average Bonchev–Trinajstić information content (AvgIpc) is 2.58. The van der Waals surface area contributed by atoms with Gasteiger partial charge in [-0.3, -0.25) is 19.2 Å². The standard InChI is InChI=1S/C16H30N4O6S/c1-27-9-12(20-13(21)6-5-11(18)16(25)26)15(24)19-10(8-14(22)23)4-2-3-7-17/h10-12H,2-9,17-18H2,1H3,(H,19,24)(H,20,21)(H,22,23)(H,25,26). The maximum atomic E-state index is 12.5. The average molecular weight is 407 g/mol. The van der Waals surface area contributed by atoms with Gasteiger partial charge in [-0.15, -0.1) is 0 Å². The Bertz CT molecular complexity index is 505. The van der Waals surface area contributed by atoms with Crippen LogP contribution in [0.5, 0.6) is 0 Å². The minimum atomic E-state index is -1.20. The second kappa shape index (κ2) is 14.2. The third-order valence-electron chi connectivity index (χ3n) is 3.76. The summed E-state index contributed by atoms with van der Waals surface area (Å²) in [7, 11) is 0. The van der Waals surface area contributed by atoms with Crippen LogP contribution < -0.4 is 22.1 Å². The first-order chi connectivity index (χ1) is 12.7. The molecule has 3 unspecified atom stereocenters. The highest BCUT2D eigenvalue weighted by Gasteiger charge is 2.24. The van der Waals surface area contributed by atoms with Gasteiger partial charge in [-0.2, -0.15) is 11.8 Å². The van der Waals surface area contributed by atoms with Gasteiger partial charge in [0.15, 0.2) is 0 Å². The highest BCUT2D eigenvalue weighted by molar-refractivity contribution is 7.98. The molecule has 11 heteroatoms. The number of rotatable bonds is 15. The van der Waals surface area contributed by atoms with Crippen LogP contribution in [0, 0.1) is 0 Å². The van der Waals surface area contributed by atoms with Crippen LogP contribution >= 0.6 is 11.8 Å². The number of nitrogens with one attached hydrogen (secondary N) is 2. The van der Waals surface area contributed by atoms with Crippen LogP contribution in [0.2, 0.25) is 0 Å². The molecule has 0 heterocycles. The molecule has 0 aliphatic heterocycles. The Kier molecular flexibility index (Phi) is 13.3. The summed E-state index contributed by atoms with van der Waals surface area (Å²) in [5.74, 6) is -2.89. The van der Waals surface area contributed by atoms with E-state index < -0.39 is 41.9 Å². The third-order valence-corrected chi connectivity index (χ3v) is 4.43. The van der Waals surface area contributed by atoms with Crippen molar-refractivity contribution in [3.63, 3.8) is 0 Å². The fraction of sp³-hybridized carbons (Fsp3) is 0.750. The van der Waals surface area contributed by atoms with Gasteiger partial charge in [-0.05, 0) is 32.1 Å². The van der Waals surface area contributed by atoms with Crippen molar-refractivity contribution in [1.82, 2.24) is 10.6 Å². The maximum absolute atomic E-state index is 12.5. The van der Waals surface area contributed by atoms with Crippen molar-refractivity contribution in [2.45, 2.75) is 56.7 Å². The van der Waals surface area contributed by atoms with Crippen molar-refractivity contribution in [3.8, 4) is 0 Å². The van der Waals surface area contributed by atoms with Crippen LogP contribution in [0.25, 0.3) is 0 Å². The van der Waals surface area contributed by atoms with E-state index in [0.717, 1.165) is 6.42 Å². The number of carbonyl (C=O) groups excluding carboxylic acids is 2. The monoisotopic (exact) mass is 406 g/mol. The van der Waals surface area contributed by atoms with Crippen LogP contribution in [0.15, 0.2) is 0 Å². The number of carbonyl (C=O) groups is 4. The second-order valence-electron chi connectivity index (χ2n) is 6.15. The van der Waals surface area contributed by atoms with Gasteiger partial charge in [0.25, 0.3) is 0 Å². The number of aliphatic carboxylic acids is 2. The van der Waals surface area contributed by atoms with E-state index in [1.807, 2.05) is 0 Å². The van der Waals surface area contributed by atoms with Crippen LogP contribution in [0.3, 0.4) is 0 Å². The Morgan fingerprint density at radius 1 is 1.07 bits per heavy atom. The van der Waals surface area contributed by atoms with Crippen molar-refractivity contribution < 1.29 is 29.4 Å². The van der Waals surface area contributed by atoms with E-state index in [2.05, 4.69) is 10.6 Å². The first-order valence-corrected chi connectivity index (χ1v) is 10.1. The summed E-state index contributed by atoms with van der Waals surface area (Å²) in [6, 6.07) is -2.55. The summed E-state index contributed by atoms with van der Waals surface area (Å²) in [6.07, 6.45) is 3.26. The topological polar surface area (TPSA) is 185 Å². The van der Waals surface area contributed by atoms with E-state index in [-0.39, 0.29) is 19.3 Å². The van der Waals surface area contributed by atoms with E-state index in [4.69, 9.17) is 21.7 Å². The SMILES string of the molecule is CSCC(NC(=O)CCC(N)C(=O)O)C(=O)NC(CCCCN)CC(=O)O. The summed E-state index contributed by atoms with van der Waals surface area (Å²) >= 11 is 1.34. The zero-order valence-corrected chi connectivity index (χ0v) is 16.3. The molecule has 10 nitrogen and oxygen atoms in total. The van der Waals surface area contributed by atoms with Crippen molar-refractivity contribution in [1.29, 1.82) is 0 Å². The smallest absolute Gasteiger partial charge is 0.320 e. The van der Waals surface area contributed by atoms with Gasteiger partial charge in [-0.1, -0.05) is 6.42 Å². The molecular formula is C16H30N4O6S. The summed E-state index contributed by atoms with van der Waals surface area (Å²) in [5, 5.41) is 23.0. The molecule has 0 aliphatic rings. The van der Waals surface area contributed by atoms with E-state index in [9.17, 15) is 19.2 Å². The Morgan fingerprint density at radius 2 is 1.74 bits per heavy atom. The van der Waals surface area contributed by atoms with E-state index in [1.165, 1.54) is 11.8 Å². The zero-order valence-electron chi connectivity index (χ0n) is 15.5. The normalized spacial score (nSPS) is 14.0. The molecule has 8 N–H and O–H groups in total. The molecule has 0 aliphatic carbocycles. The lowest BCUT2D eigenvalue weighted by molar-refractivity contribution is -0.140. The predicted octanol–water partition coefficient (Wildman–Crippen LogP) is -0.885. The van der Waals surface area contributed by atoms with Gasteiger partial charge < -0.3 is 32.3 Å². The van der Waals surface area contributed by atoms with E-state index in [1.54, 1.807) is 6.26 Å². The van der Waals surface area contributed by atoms with Gasteiger partial charge in [0.1, 0.15) is 12.1 Å². The number of thioether (sulfide) groups is 1. The molecule has 156 valence electrons. The summed E-state index contributed by atoms with van der Waals surface area (Å²) in [4.78, 5) is 46.1. The first kappa shape index (κ1) is 25.1. The van der Waals surface area contributed by atoms with Crippen LogP contribution in [0.1, 0.15) is 38.5 Å². The summed E-state index contributed by atoms with van der Waals surface area (Å²) in [6.45, 7) is 0.484. The molecule has 0 aromatic carbocycles. The first-order valence-electron chi connectivity index (χ1n) is 8.70. The molecule has 3 atom stereocenters. The number of carboxylic acids is 2. The molecule has 0 aromatic rings. The Balaban J connectivity index is 4.73. The Morgan fingerprint density at radius 3 is 2.26 bits per heavy atom. The van der Waals surface area contributed by atoms with Crippen LogP contribution in [0.4, 0.5) is 0 Å². The Hall–Kier alpha value is -1.85.